The Hall–Kier alpha value is -1.71. The molecular weight excluding hydrogens is 241 g/mol. The minimum atomic E-state index is -1.05. The van der Waals surface area contributed by atoms with Crippen LogP contribution in [0.5, 0.6) is 0 Å². The molecule has 2 rings (SSSR count). The molecule has 3 atom stereocenters. The summed E-state index contributed by atoms with van der Waals surface area (Å²) in [6, 6.07) is 7.35. The number of thiocarbonyl (C=S) groups is 1. The summed E-state index contributed by atoms with van der Waals surface area (Å²) < 4.78 is 13.1. The van der Waals surface area contributed by atoms with Crippen LogP contribution in [0.25, 0.3) is 0 Å². The first kappa shape index (κ1) is 11.8. The van der Waals surface area contributed by atoms with Crippen molar-refractivity contribution in [3.05, 3.63) is 35.6 Å². The summed E-state index contributed by atoms with van der Waals surface area (Å²) >= 11 is 4.91. The molecule has 1 aliphatic heterocycles. The number of nitrogens with one attached hydrogen (secondary N) is 2. The largest absolute Gasteiger partial charge is 0.372 e. The van der Waals surface area contributed by atoms with Crippen molar-refractivity contribution in [3.8, 4) is 6.07 Å². The number of benzene rings is 1. The van der Waals surface area contributed by atoms with Gasteiger partial charge in [-0.3, -0.25) is 0 Å². The fraction of sp³-hybridized carbons (Fsp3) is 0.273. The summed E-state index contributed by atoms with van der Waals surface area (Å²) in [5, 5.41) is 24.4. The Kier molecular flexibility index (Phi) is 3.22. The van der Waals surface area contributed by atoms with Crippen LogP contribution in [-0.4, -0.2) is 16.4 Å². The van der Waals surface area contributed by atoms with Gasteiger partial charge in [-0.15, -0.1) is 0 Å². The van der Waals surface area contributed by atoms with E-state index >= 15 is 0 Å². The molecule has 0 aliphatic carbocycles. The van der Waals surface area contributed by atoms with Crippen LogP contribution in [0.15, 0.2) is 24.3 Å². The molecule has 0 aromatic heterocycles. The fourth-order valence-corrected chi connectivity index (χ4v) is 2.06. The van der Waals surface area contributed by atoms with Gasteiger partial charge in [-0.1, -0.05) is 12.1 Å². The quantitative estimate of drug-likeness (QED) is 0.644. The highest BCUT2D eigenvalue weighted by atomic mass is 32.1. The van der Waals surface area contributed by atoms with Crippen LogP contribution in [0.3, 0.4) is 0 Å². The molecule has 4 nitrogen and oxygen atoms in total. The molecule has 3 unspecified atom stereocenters. The molecule has 0 spiro atoms. The van der Waals surface area contributed by atoms with Crippen molar-refractivity contribution < 1.29 is 9.50 Å². The molecule has 1 heterocycles. The maximum absolute atomic E-state index is 13.1. The Balaban J connectivity index is 2.35. The van der Waals surface area contributed by atoms with Crippen molar-refractivity contribution >= 4 is 17.3 Å². The van der Waals surface area contributed by atoms with Crippen LogP contribution < -0.4 is 10.6 Å². The van der Waals surface area contributed by atoms with Gasteiger partial charge in [0.25, 0.3) is 0 Å². The first-order chi connectivity index (χ1) is 8.11. The van der Waals surface area contributed by atoms with Crippen LogP contribution in [0.1, 0.15) is 11.6 Å². The van der Waals surface area contributed by atoms with E-state index in [-0.39, 0.29) is 10.9 Å². The Labute approximate surface area is 103 Å². The third-order valence-electron chi connectivity index (χ3n) is 2.62. The van der Waals surface area contributed by atoms with E-state index in [0.29, 0.717) is 5.56 Å². The summed E-state index contributed by atoms with van der Waals surface area (Å²) in [6.07, 6.45) is -1.05. The third-order valence-corrected chi connectivity index (χ3v) is 2.86. The van der Waals surface area contributed by atoms with Gasteiger partial charge in [-0.05, 0) is 29.9 Å². The van der Waals surface area contributed by atoms with Gasteiger partial charge in [0.1, 0.15) is 18.0 Å². The lowest BCUT2D eigenvalue weighted by molar-refractivity contribution is 0.0895. The molecule has 1 fully saturated rings. The zero-order chi connectivity index (χ0) is 12.4. The minimum absolute atomic E-state index is 0.248. The van der Waals surface area contributed by atoms with Crippen LogP contribution in [0.2, 0.25) is 0 Å². The Morgan fingerprint density at radius 3 is 2.82 bits per heavy atom. The highest BCUT2D eigenvalue weighted by molar-refractivity contribution is 7.80. The highest BCUT2D eigenvalue weighted by Crippen LogP contribution is 2.26. The van der Waals surface area contributed by atoms with Crippen LogP contribution >= 0.6 is 12.2 Å². The maximum Gasteiger partial charge on any atom is 0.168 e. The summed E-state index contributed by atoms with van der Waals surface area (Å²) in [7, 11) is 0. The number of halogens is 1. The molecule has 1 aromatic rings. The van der Waals surface area contributed by atoms with Crippen LogP contribution in [0, 0.1) is 23.1 Å². The van der Waals surface area contributed by atoms with E-state index in [1.807, 2.05) is 6.07 Å². The maximum atomic E-state index is 13.1. The molecule has 1 saturated heterocycles. The summed E-state index contributed by atoms with van der Waals surface area (Å²) in [5.41, 5.74) is 0.583. The van der Waals surface area contributed by atoms with Gasteiger partial charge in [0.05, 0.1) is 12.1 Å². The number of aliphatic hydroxyl groups is 1. The average Bonchev–Trinajstić information content (AvgIpc) is 2.28. The van der Waals surface area contributed by atoms with Gasteiger partial charge in [-0.25, -0.2) is 4.39 Å². The zero-order valence-corrected chi connectivity index (χ0v) is 9.54. The van der Waals surface area contributed by atoms with Crippen LogP contribution in [-0.2, 0) is 0 Å². The first-order valence-electron chi connectivity index (χ1n) is 5.02. The van der Waals surface area contributed by atoms with Crippen molar-refractivity contribution in [1.29, 1.82) is 5.26 Å². The van der Waals surface area contributed by atoms with Crippen molar-refractivity contribution in [2.75, 3.05) is 0 Å². The number of nitriles is 1. The fourth-order valence-electron chi connectivity index (χ4n) is 1.81. The lowest BCUT2D eigenvalue weighted by Gasteiger charge is -2.34. The Morgan fingerprint density at radius 2 is 2.18 bits per heavy atom. The van der Waals surface area contributed by atoms with Gasteiger partial charge >= 0.3 is 0 Å². The van der Waals surface area contributed by atoms with Gasteiger partial charge in [-0.2, -0.15) is 5.26 Å². The summed E-state index contributed by atoms with van der Waals surface area (Å²) in [5.74, 6) is -1.12. The van der Waals surface area contributed by atoms with Crippen molar-refractivity contribution in [1.82, 2.24) is 10.6 Å². The molecule has 1 aliphatic rings. The second-order valence-electron chi connectivity index (χ2n) is 3.75. The predicted octanol–water partition coefficient (Wildman–Crippen LogP) is 0.803. The molecule has 6 heteroatoms. The number of hydrogen-bond acceptors (Lipinski definition) is 3. The molecule has 17 heavy (non-hydrogen) atoms. The highest BCUT2D eigenvalue weighted by Gasteiger charge is 2.35. The van der Waals surface area contributed by atoms with E-state index in [0.717, 1.165) is 0 Å². The lowest BCUT2D eigenvalue weighted by Crippen LogP contribution is -2.55. The molecule has 3 N–H and O–H groups in total. The average molecular weight is 251 g/mol. The standard InChI is InChI=1S/C11H10FN3OS/c12-7-3-1-2-6(4-7)9-8(5-13)10(16)15-11(17)14-9/h1-4,8-10,16H,(H2,14,15,17). The Bertz CT molecular complexity index is 488. The zero-order valence-electron chi connectivity index (χ0n) is 8.72. The van der Waals surface area contributed by atoms with E-state index in [1.165, 1.54) is 12.1 Å². The SMILES string of the molecule is N#CC1C(O)NC(=S)NC1c1cccc(F)c1. The van der Waals surface area contributed by atoms with Crippen molar-refractivity contribution in [2.45, 2.75) is 12.3 Å². The first-order valence-corrected chi connectivity index (χ1v) is 5.43. The minimum Gasteiger partial charge on any atom is -0.372 e. The van der Waals surface area contributed by atoms with Gasteiger partial charge in [0.15, 0.2) is 5.11 Å². The molecule has 0 amide bonds. The molecular formula is C11H10FN3OS. The molecule has 88 valence electrons. The second-order valence-corrected chi connectivity index (χ2v) is 4.16. The molecule has 0 radical (unpaired) electrons. The Morgan fingerprint density at radius 1 is 1.41 bits per heavy atom. The number of nitrogens with zero attached hydrogens (tertiary/aromatic N) is 1. The molecule has 1 aromatic carbocycles. The monoisotopic (exact) mass is 251 g/mol. The third kappa shape index (κ3) is 2.35. The molecule has 0 saturated carbocycles. The summed E-state index contributed by atoms with van der Waals surface area (Å²) in [6.45, 7) is 0. The van der Waals surface area contributed by atoms with Gasteiger partial charge < -0.3 is 15.7 Å². The van der Waals surface area contributed by atoms with E-state index in [9.17, 15) is 9.50 Å². The van der Waals surface area contributed by atoms with Crippen molar-refractivity contribution in [2.24, 2.45) is 5.92 Å². The second kappa shape index (κ2) is 4.65. The molecule has 0 bridgehead atoms. The number of aliphatic hydroxyl groups excluding tert-OH is 1. The van der Waals surface area contributed by atoms with E-state index in [4.69, 9.17) is 17.5 Å². The van der Waals surface area contributed by atoms with E-state index in [2.05, 4.69) is 10.6 Å². The topological polar surface area (TPSA) is 68.1 Å². The smallest absolute Gasteiger partial charge is 0.168 e. The van der Waals surface area contributed by atoms with Crippen LogP contribution in [0.4, 0.5) is 4.39 Å². The lowest BCUT2D eigenvalue weighted by atomic mass is 9.91. The number of hydrogen-bond donors (Lipinski definition) is 3. The van der Waals surface area contributed by atoms with Gasteiger partial charge in [0, 0.05) is 0 Å². The predicted molar refractivity (Wildman–Crippen MR) is 63.1 cm³/mol. The normalized spacial score (nSPS) is 27.8. The van der Waals surface area contributed by atoms with Crippen molar-refractivity contribution in [3.63, 3.8) is 0 Å². The summed E-state index contributed by atoms with van der Waals surface area (Å²) in [4.78, 5) is 0. The van der Waals surface area contributed by atoms with Gasteiger partial charge in [0.2, 0.25) is 0 Å². The van der Waals surface area contributed by atoms with E-state index in [1.54, 1.807) is 12.1 Å². The van der Waals surface area contributed by atoms with E-state index < -0.39 is 18.2 Å². The number of rotatable bonds is 1.